The molecular weight excluding hydrogens is 408 g/mol. The van der Waals surface area contributed by atoms with E-state index in [-0.39, 0.29) is 34.6 Å². The molecule has 190 valence electrons. The molecule has 5 fully saturated rings. The minimum atomic E-state index is -0.768. The van der Waals surface area contributed by atoms with Crippen molar-refractivity contribution in [1.29, 1.82) is 0 Å². The minimum Gasteiger partial charge on any atom is -0.393 e. The fraction of sp³-hybridized carbons (Fsp3) is 1.00. The van der Waals surface area contributed by atoms with Gasteiger partial charge >= 0.3 is 0 Å². The van der Waals surface area contributed by atoms with E-state index in [1.54, 1.807) is 0 Å². The zero-order chi connectivity index (χ0) is 24.2. The Labute approximate surface area is 203 Å². The van der Waals surface area contributed by atoms with Crippen LogP contribution in [0.3, 0.4) is 0 Å². The summed E-state index contributed by atoms with van der Waals surface area (Å²) in [5.74, 6) is 1.94. The highest BCUT2D eigenvalue weighted by Gasteiger charge is 2.70. The van der Waals surface area contributed by atoms with E-state index in [1.165, 1.54) is 51.4 Å². The third-order valence-corrected chi connectivity index (χ3v) is 13.3. The van der Waals surface area contributed by atoms with Crippen LogP contribution in [0.2, 0.25) is 0 Å². The molecule has 0 bridgehead atoms. The van der Waals surface area contributed by atoms with Gasteiger partial charge in [0.15, 0.2) is 0 Å². The number of aliphatic hydroxyl groups is 2. The molecule has 33 heavy (non-hydrogen) atoms. The molecule has 4 saturated carbocycles. The van der Waals surface area contributed by atoms with E-state index in [0.717, 1.165) is 18.8 Å². The van der Waals surface area contributed by atoms with Crippen LogP contribution in [0.5, 0.6) is 0 Å². The van der Waals surface area contributed by atoms with Crippen LogP contribution in [0.4, 0.5) is 0 Å². The first-order valence-electron chi connectivity index (χ1n) is 14.2. The Kier molecular flexibility index (Phi) is 5.38. The fourth-order valence-corrected chi connectivity index (χ4v) is 10.8. The van der Waals surface area contributed by atoms with Crippen molar-refractivity contribution in [3.8, 4) is 0 Å². The van der Waals surface area contributed by atoms with Crippen LogP contribution in [0.15, 0.2) is 0 Å². The maximum Gasteiger partial charge on any atom is 0.0860 e. The molecule has 0 aromatic heterocycles. The number of hydrogen-bond acceptors (Lipinski definition) is 3. The van der Waals surface area contributed by atoms with Gasteiger partial charge in [0.2, 0.25) is 0 Å². The SMILES string of the molecule is CC(C)(O)[C@@H]1CC[C@]2(C)CC[C@]3(C)[C@H](CC[C@@H]4[C@@]5(C)CC[C@H](O)C(C)(C)[C@@H]5CC[C@]43C)[C@H]2O1. The first kappa shape index (κ1) is 24.6. The van der Waals surface area contributed by atoms with Crippen molar-refractivity contribution in [3.05, 3.63) is 0 Å². The average molecular weight is 461 g/mol. The fourth-order valence-electron chi connectivity index (χ4n) is 10.8. The zero-order valence-corrected chi connectivity index (χ0v) is 22.8. The largest absolute Gasteiger partial charge is 0.393 e. The van der Waals surface area contributed by atoms with Crippen molar-refractivity contribution in [2.75, 3.05) is 0 Å². The van der Waals surface area contributed by atoms with E-state index in [1.807, 2.05) is 13.8 Å². The molecule has 0 spiro atoms. The van der Waals surface area contributed by atoms with E-state index in [2.05, 4.69) is 41.5 Å². The maximum atomic E-state index is 10.9. The number of ether oxygens (including phenoxy) is 1. The van der Waals surface area contributed by atoms with Gasteiger partial charge in [0.1, 0.15) is 0 Å². The van der Waals surface area contributed by atoms with E-state index in [4.69, 9.17) is 4.74 Å². The normalized spacial score (nSPS) is 56.2. The lowest BCUT2D eigenvalue weighted by molar-refractivity contribution is -0.287. The van der Waals surface area contributed by atoms with E-state index < -0.39 is 5.60 Å². The molecule has 10 atom stereocenters. The highest BCUT2D eigenvalue weighted by molar-refractivity contribution is 5.18. The Balaban J connectivity index is 1.50. The summed E-state index contributed by atoms with van der Waals surface area (Å²) in [6.45, 7) is 18.9. The highest BCUT2D eigenvalue weighted by atomic mass is 16.5. The van der Waals surface area contributed by atoms with E-state index >= 15 is 0 Å². The van der Waals surface area contributed by atoms with Gasteiger partial charge in [0, 0.05) is 0 Å². The molecule has 0 radical (unpaired) electrons. The predicted octanol–water partition coefficient (Wildman–Crippen LogP) is 6.74. The molecule has 5 aliphatic rings. The van der Waals surface area contributed by atoms with Gasteiger partial charge in [-0.2, -0.15) is 0 Å². The third kappa shape index (κ3) is 3.16. The summed E-state index contributed by atoms with van der Waals surface area (Å²) in [5, 5.41) is 21.7. The number of hydrogen-bond donors (Lipinski definition) is 2. The molecule has 0 aromatic carbocycles. The van der Waals surface area contributed by atoms with Crippen LogP contribution in [0.25, 0.3) is 0 Å². The number of rotatable bonds is 1. The average Bonchev–Trinajstić information content (AvgIpc) is 2.71. The maximum absolute atomic E-state index is 10.9. The molecular formula is C30H52O3. The van der Waals surface area contributed by atoms with Crippen molar-refractivity contribution < 1.29 is 14.9 Å². The van der Waals surface area contributed by atoms with Gasteiger partial charge in [0.05, 0.1) is 23.9 Å². The van der Waals surface area contributed by atoms with Gasteiger partial charge in [-0.15, -0.1) is 0 Å². The third-order valence-electron chi connectivity index (χ3n) is 13.3. The Bertz CT molecular complexity index is 784. The molecule has 4 aliphatic carbocycles. The summed E-state index contributed by atoms with van der Waals surface area (Å²) in [6, 6.07) is 0. The molecule has 1 saturated heterocycles. The smallest absolute Gasteiger partial charge is 0.0860 e. The lowest BCUT2D eigenvalue weighted by atomic mass is 9.33. The van der Waals surface area contributed by atoms with Gasteiger partial charge < -0.3 is 14.9 Å². The zero-order valence-electron chi connectivity index (χ0n) is 22.8. The summed E-state index contributed by atoms with van der Waals surface area (Å²) in [7, 11) is 0. The van der Waals surface area contributed by atoms with Crippen LogP contribution in [0, 0.1) is 44.8 Å². The molecule has 2 N–H and O–H groups in total. The quantitative estimate of drug-likeness (QED) is 0.455. The standard InChI is InChI=1S/C30H52O3/c1-25(2)20-11-16-30(8)21(28(20,6)15-12-22(25)31)10-9-19-24-27(5,17-18-29(19,30)7)14-13-23(33-24)26(3,4)32/h19-24,31-32H,9-18H2,1-8H3/t19-,20+,21-,22+,23+,24-,27-,28+,29-,30-/m1/s1. The van der Waals surface area contributed by atoms with Gasteiger partial charge in [-0.25, -0.2) is 0 Å². The topological polar surface area (TPSA) is 49.7 Å². The first-order chi connectivity index (χ1) is 15.1. The Morgan fingerprint density at radius 2 is 1.42 bits per heavy atom. The van der Waals surface area contributed by atoms with Gasteiger partial charge in [0.25, 0.3) is 0 Å². The summed E-state index contributed by atoms with van der Waals surface area (Å²) >= 11 is 0. The first-order valence-corrected chi connectivity index (χ1v) is 14.2. The predicted molar refractivity (Wildman–Crippen MR) is 134 cm³/mol. The summed E-state index contributed by atoms with van der Waals surface area (Å²) < 4.78 is 6.91. The molecule has 0 unspecified atom stereocenters. The van der Waals surface area contributed by atoms with Crippen molar-refractivity contribution >= 4 is 0 Å². The number of fused-ring (bicyclic) bond motifs is 7. The molecule has 5 rings (SSSR count). The minimum absolute atomic E-state index is 0.0175. The Hall–Kier alpha value is -0.120. The monoisotopic (exact) mass is 460 g/mol. The van der Waals surface area contributed by atoms with Gasteiger partial charge in [-0.3, -0.25) is 0 Å². The lowest BCUT2D eigenvalue weighted by Crippen LogP contribution is -2.68. The van der Waals surface area contributed by atoms with E-state index in [0.29, 0.717) is 22.7 Å². The van der Waals surface area contributed by atoms with E-state index in [9.17, 15) is 10.2 Å². The highest BCUT2D eigenvalue weighted by Crippen LogP contribution is 2.75. The lowest BCUT2D eigenvalue weighted by Gasteiger charge is -2.73. The van der Waals surface area contributed by atoms with Gasteiger partial charge in [-0.1, -0.05) is 41.5 Å². The van der Waals surface area contributed by atoms with Crippen LogP contribution in [-0.4, -0.2) is 34.1 Å². The van der Waals surface area contributed by atoms with Crippen LogP contribution in [-0.2, 0) is 4.74 Å². The Morgan fingerprint density at radius 1 is 0.727 bits per heavy atom. The van der Waals surface area contributed by atoms with Crippen molar-refractivity contribution in [2.24, 2.45) is 44.8 Å². The second-order valence-electron chi connectivity index (χ2n) is 15.4. The summed E-state index contributed by atoms with van der Waals surface area (Å²) in [6.07, 6.45) is 12.1. The summed E-state index contributed by atoms with van der Waals surface area (Å²) in [4.78, 5) is 0. The van der Waals surface area contributed by atoms with Crippen molar-refractivity contribution in [3.63, 3.8) is 0 Å². The Morgan fingerprint density at radius 3 is 2.09 bits per heavy atom. The molecule has 0 aromatic rings. The van der Waals surface area contributed by atoms with Crippen molar-refractivity contribution in [1.82, 2.24) is 0 Å². The molecule has 0 amide bonds. The molecule has 3 nitrogen and oxygen atoms in total. The number of aliphatic hydroxyl groups excluding tert-OH is 1. The van der Waals surface area contributed by atoms with Crippen molar-refractivity contribution in [2.45, 2.75) is 144 Å². The molecule has 1 aliphatic heterocycles. The van der Waals surface area contributed by atoms with Crippen LogP contribution >= 0.6 is 0 Å². The van der Waals surface area contributed by atoms with Crippen LogP contribution < -0.4 is 0 Å². The van der Waals surface area contributed by atoms with Gasteiger partial charge in [-0.05, 0) is 123 Å². The molecule has 3 heteroatoms. The van der Waals surface area contributed by atoms with Crippen LogP contribution in [0.1, 0.15) is 120 Å². The molecule has 1 heterocycles. The second kappa shape index (κ2) is 7.22. The summed E-state index contributed by atoms with van der Waals surface area (Å²) in [5.41, 5.74) is 0.447. The second-order valence-corrected chi connectivity index (χ2v) is 15.4.